The number of ketones is 1. The molecule has 0 amide bonds. The van der Waals surface area contributed by atoms with Crippen LogP contribution >= 0.6 is 0 Å². The van der Waals surface area contributed by atoms with Gasteiger partial charge < -0.3 is 5.32 Å². The first-order valence-electron chi connectivity index (χ1n) is 8.05. The molecule has 2 aromatic rings. The molecule has 118 valence electrons. The highest BCUT2D eigenvalue weighted by atomic mass is 16.1. The second kappa shape index (κ2) is 5.69. The lowest BCUT2D eigenvalue weighted by atomic mass is 9.82. The average Bonchev–Trinajstić information content (AvgIpc) is 2.45. The zero-order valence-electron chi connectivity index (χ0n) is 14.2. The fourth-order valence-corrected chi connectivity index (χ4v) is 3.45. The summed E-state index contributed by atoms with van der Waals surface area (Å²) >= 11 is 0. The first-order chi connectivity index (χ1) is 10.9. The zero-order valence-corrected chi connectivity index (χ0v) is 14.2. The first kappa shape index (κ1) is 15.5. The Morgan fingerprint density at radius 2 is 1.83 bits per heavy atom. The third-order valence-electron chi connectivity index (χ3n) is 4.27. The van der Waals surface area contributed by atoms with Gasteiger partial charge in [0, 0.05) is 28.4 Å². The molecule has 1 heterocycles. The van der Waals surface area contributed by atoms with E-state index in [1.807, 2.05) is 30.3 Å². The number of carbonyl (C=O) groups is 1. The van der Waals surface area contributed by atoms with Crippen LogP contribution in [0.2, 0.25) is 0 Å². The first-order valence-corrected chi connectivity index (χ1v) is 8.05. The SMILES string of the molecule is Cc1cc(C)c2c(c1)CC(C)(C)N/C2=C\C(=O)c1ccccc1. The molecule has 1 N–H and O–H groups in total. The number of benzene rings is 2. The minimum absolute atomic E-state index is 0.0386. The van der Waals surface area contributed by atoms with Crippen molar-refractivity contribution in [3.8, 4) is 0 Å². The molecule has 1 aliphatic rings. The Bertz CT molecular complexity index is 785. The molecule has 0 bridgehead atoms. The van der Waals surface area contributed by atoms with Crippen molar-refractivity contribution in [3.63, 3.8) is 0 Å². The molecular weight excluding hydrogens is 282 g/mol. The van der Waals surface area contributed by atoms with E-state index in [0.29, 0.717) is 0 Å². The molecule has 2 nitrogen and oxygen atoms in total. The normalized spacial score (nSPS) is 17.5. The number of carbonyl (C=O) groups excluding carboxylic acids is 1. The van der Waals surface area contributed by atoms with Crippen molar-refractivity contribution in [3.05, 3.63) is 76.4 Å². The lowest BCUT2D eigenvalue weighted by Crippen LogP contribution is -2.44. The number of hydrogen-bond donors (Lipinski definition) is 1. The van der Waals surface area contributed by atoms with Crippen molar-refractivity contribution in [2.24, 2.45) is 0 Å². The van der Waals surface area contributed by atoms with Gasteiger partial charge in [0.05, 0.1) is 0 Å². The van der Waals surface area contributed by atoms with E-state index in [9.17, 15) is 4.79 Å². The van der Waals surface area contributed by atoms with Gasteiger partial charge >= 0.3 is 0 Å². The van der Waals surface area contributed by atoms with Crippen LogP contribution in [0, 0.1) is 13.8 Å². The molecule has 2 heteroatoms. The highest BCUT2D eigenvalue weighted by Gasteiger charge is 2.29. The van der Waals surface area contributed by atoms with Crippen LogP contribution in [-0.2, 0) is 6.42 Å². The molecule has 1 aliphatic heterocycles. The lowest BCUT2D eigenvalue weighted by Gasteiger charge is -2.36. The molecule has 3 rings (SSSR count). The minimum Gasteiger partial charge on any atom is -0.379 e. The lowest BCUT2D eigenvalue weighted by molar-refractivity contribution is 0.104. The van der Waals surface area contributed by atoms with Gasteiger partial charge in [-0.3, -0.25) is 4.79 Å². The summed E-state index contributed by atoms with van der Waals surface area (Å²) in [6.07, 6.45) is 2.71. The molecule has 0 fully saturated rings. The van der Waals surface area contributed by atoms with Crippen LogP contribution in [0.25, 0.3) is 5.70 Å². The highest BCUT2D eigenvalue weighted by Crippen LogP contribution is 2.33. The van der Waals surface area contributed by atoms with Crippen LogP contribution in [0.1, 0.15) is 46.5 Å². The minimum atomic E-state index is -0.0595. The van der Waals surface area contributed by atoms with E-state index in [0.717, 1.165) is 17.7 Å². The van der Waals surface area contributed by atoms with Gasteiger partial charge in [-0.15, -0.1) is 0 Å². The van der Waals surface area contributed by atoms with Crippen molar-refractivity contribution in [2.45, 2.75) is 39.7 Å². The van der Waals surface area contributed by atoms with E-state index in [-0.39, 0.29) is 11.3 Å². The van der Waals surface area contributed by atoms with Gasteiger partial charge in [-0.05, 0) is 45.2 Å². The van der Waals surface area contributed by atoms with Crippen LogP contribution in [0.15, 0.2) is 48.5 Å². The fraction of sp³-hybridized carbons (Fsp3) is 0.286. The number of rotatable bonds is 2. The third kappa shape index (κ3) is 3.21. The second-order valence-corrected chi connectivity index (χ2v) is 7.09. The molecule has 0 aliphatic carbocycles. The van der Waals surface area contributed by atoms with Gasteiger partial charge in [-0.2, -0.15) is 0 Å². The van der Waals surface area contributed by atoms with Crippen molar-refractivity contribution in [1.82, 2.24) is 5.32 Å². The van der Waals surface area contributed by atoms with Gasteiger partial charge in [0.2, 0.25) is 0 Å². The molecule has 2 aromatic carbocycles. The molecule has 0 aromatic heterocycles. The molecule has 0 unspecified atom stereocenters. The number of fused-ring (bicyclic) bond motifs is 1. The van der Waals surface area contributed by atoms with Crippen LogP contribution in [-0.4, -0.2) is 11.3 Å². The Hall–Kier alpha value is -2.35. The van der Waals surface area contributed by atoms with E-state index in [2.05, 4.69) is 45.1 Å². The Kier molecular flexibility index (Phi) is 3.85. The Labute approximate surface area is 138 Å². The van der Waals surface area contributed by atoms with Crippen LogP contribution in [0.4, 0.5) is 0 Å². The van der Waals surface area contributed by atoms with Gasteiger partial charge in [-0.25, -0.2) is 0 Å². The summed E-state index contributed by atoms with van der Waals surface area (Å²) in [7, 11) is 0. The second-order valence-electron chi connectivity index (χ2n) is 7.09. The fourth-order valence-electron chi connectivity index (χ4n) is 3.45. The van der Waals surface area contributed by atoms with Crippen molar-refractivity contribution in [1.29, 1.82) is 0 Å². The predicted molar refractivity (Wildman–Crippen MR) is 95.6 cm³/mol. The van der Waals surface area contributed by atoms with E-state index in [1.54, 1.807) is 6.08 Å². The van der Waals surface area contributed by atoms with Crippen LogP contribution in [0.3, 0.4) is 0 Å². The summed E-state index contributed by atoms with van der Waals surface area (Å²) in [6, 6.07) is 13.9. The number of hydrogen-bond acceptors (Lipinski definition) is 2. The Morgan fingerprint density at radius 1 is 1.13 bits per heavy atom. The van der Waals surface area contributed by atoms with Gasteiger partial charge in [0.1, 0.15) is 0 Å². The molecule has 0 saturated heterocycles. The Morgan fingerprint density at radius 3 is 2.52 bits per heavy atom. The number of allylic oxidation sites excluding steroid dienone is 1. The van der Waals surface area contributed by atoms with Crippen molar-refractivity contribution in [2.75, 3.05) is 0 Å². The maximum atomic E-state index is 12.6. The molecular formula is C21H23NO. The topological polar surface area (TPSA) is 29.1 Å². The largest absolute Gasteiger partial charge is 0.379 e. The molecule has 23 heavy (non-hydrogen) atoms. The quantitative estimate of drug-likeness (QED) is 0.656. The summed E-state index contributed by atoms with van der Waals surface area (Å²) in [5, 5.41) is 3.55. The van der Waals surface area contributed by atoms with E-state index in [4.69, 9.17) is 0 Å². The maximum Gasteiger partial charge on any atom is 0.187 e. The zero-order chi connectivity index (χ0) is 16.6. The van der Waals surface area contributed by atoms with Crippen molar-refractivity contribution >= 4 is 11.5 Å². The van der Waals surface area contributed by atoms with Crippen molar-refractivity contribution < 1.29 is 4.79 Å². The number of nitrogens with one attached hydrogen (secondary N) is 1. The van der Waals surface area contributed by atoms with Crippen LogP contribution in [0.5, 0.6) is 0 Å². The molecule has 0 radical (unpaired) electrons. The summed E-state index contributed by atoms with van der Waals surface area (Å²) in [5.74, 6) is 0.0386. The summed E-state index contributed by atoms with van der Waals surface area (Å²) in [4.78, 5) is 12.6. The standard InChI is InChI=1S/C21H23NO/c1-14-10-15(2)20-17(11-14)13-21(3,4)22-18(20)12-19(23)16-8-6-5-7-9-16/h5-12,22H,13H2,1-4H3/b18-12-. The van der Waals surface area contributed by atoms with Gasteiger partial charge in [0.25, 0.3) is 0 Å². The highest BCUT2D eigenvalue weighted by molar-refractivity contribution is 6.08. The number of aryl methyl sites for hydroxylation is 2. The molecule has 0 saturated carbocycles. The summed E-state index contributed by atoms with van der Waals surface area (Å²) in [5.41, 5.74) is 6.58. The maximum absolute atomic E-state index is 12.6. The average molecular weight is 305 g/mol. The smallest absolute Gasteiger partial charge is 0.187 e. The van der Waals surface area contributed by atoms with Gasteiger partial charge in [-0.1, -0.05) is 48.0 Å². The summed E-state index contributed by atoms with van der Waals surface area (Å²) in [6.45, 7) is 8.59. The van der Waals surface area contributed by atoms with E-state index < -0.39 is 0 Å². The monoisotopic (exact) mass is 305 g/mol. The molecule has 0 spiro atoms. The Balaban J connectivity index is 2.10. The van der Waals surface area contributed by atoms with Crippen LogP contribution < -0.4 is 5.32 Å². The third-order valence-corrected chi connectivity index (χ3v) is 4.27. The summed E-state index contributed by atoms with van der Waals surface area (Å²) < 4.78 is 0. The van der Waals surface area contributed by atoms with E-state index >= 15 is 0 Å². The molecule has 0 atom stereocenters. The van der Waals surface area contributed by atoms with E-state index in [1.165, 1.54) is 22.3 Å². The van der Waals surface area contributed by atoms with Gasteiger partial charge in [0.15, 0.2) is 5.78 Å². The predicted octanol–water partition coefficient (Wildman–Crippen LogP) is 4.45.